The topological polar surface area (TPSA) is 74.8 Å². The second-order valence-electron chi connectivity index (χ2n) is 9.43. The van der Waals surface area contributed by atoms with E-state index in [0.29, 0.717) is 32.4 Å². The van der Waals surface area contributed by atoms with Crippen molar-refractivity contribution in [1.29, 1.82) is 0 Å². The van der Waals surface area contributed by atoms with Gasteiger partial charge in [0.2, 0.25) is 11.8 Å². The number of imide groups is 1. The maximum Gasteiger partial charge on any atom is 0.240 e. The van der Waals surface area contributed by atoms with Gasteiger partial charge >= 0.3 is 0 Å². The van der Waals surface area contributed by atoms with Crippen LogP contribution in [0.1, 0.15) is 20.7 Å². The third-order valence-corrected chi connectivity index (χ3v) is 7.80. The fourth-order valence-corrected chi connectivity index (χ4v) is 5.92. The van der Waals surface area contributed by atoms with E-state index in [0.717, 1.165) is 4.90 Å². The molecule has 2 saturated heterocycles. The summed E-state index contributed by atoms with van der Waals surface area (Å²) in [7, 11) is 0. The van der Waals surface area contributed by atoms with Crippen molar-refractivity contribution in [3.8, 4) is 0 Å². The number of carbonyl (C=O) groups is 4. The summed E-state index contributed by atoms with van der Waals surface area (Å²) in [6.45, 7) is 0. The lowest BCUT2D eigenvalue weighted by Gasteiger charge is -2.32. The van der Waals surface area contributed by atoms with E-state index in [-0.39, 0.29) is 11.6 Å². The lowest BCUT2D eigenvalue weighted by molar-refractivity contribution is -0.123. The molecule has 4 unspecified atom stereocenters. The number of rotatable bonds is 5. The molecule has 188 valence electrons. The Labute approximate surface area is 228 Å². The van der Waals surface area contributed by atoms with Crippen LogP contribution in [0.15, 0.2) is 103 Å². The quantitative estimate of drug-likeness (QED) is 0.320. The standard InChI is InChI=1S/C30H20Cl2N2O4/c31-20-11-9-18(10-12-20)28(36)26-25-24(29(37)34(30(25)38)22-8-4-7-21(32)16-22)23-15-19(13-14-33(23)26)27(35)17-5-2-1-3-6-17/h1-16,23-26H. The number of Topliss-reactive ketones (excluding diaryl/α,β-unsaturated/α-hetero) is 2. The second kappa shape index (κ2) is 9.39. The molecule has 0 spiro atoms. The van der Waals surface area contributed by atoms with Crippen LogP contribution in [0.3, 0.4) is 0 Å². The Morgan fingerprint density at radius 2 is 1.45 bits per heavy atom. The molecule has 0 N–H and O–H groups in total. The molecule has 3 aliphatic heterocycles. The molecule has 0 aromatic heterocycles. The van der Waals surface area contributed by atoms with E-state index in [1.54, 1.807) is 96.0 Å². The van der Waals surface area contributed by atoms with Gasteiger partial charge in [-0.1, -0.05) is 65.7 Å². The van der Waals surface area contributed by atoms with Gasteiger partial charge in [0.15, 0.2) is 11.6 Å². The van der Waals surface area contributed by atoms with Gasteiger partial charge in [-0.15, -0.1) is 0 Å². The molecule has 0 bridgehead atoms. The van der Waals surface area contributed by atoms with Gasteiger partial charge in [0.05, 0.1) is 23.6 Å². The van der Waals surface area contributed by atoms with Crippen molar-refractivity contribution >= 4 is 52.3 Å². The van der Waals surface area contributed by atoms with Gasteiger partial charge < -0.3 is 4.90 Å². The number of nitrogens with zero attached hydrogens (tertiary/aromatic N) is 2. The Bertz CT molecular complexity index is 1550. The molecule has 0 aliphatic carbocycles. The number of amides is 2. The summed E-state index contributed by atoms with van der Waals surface area (Å²) in [4.78, 5) is 57.6. The average Bonchev–Trinajstić information content (AvgIpc) is 3.40. The highest BCUT2D eigenvalue weighted by atomic mass is 35.5. The first-order valence-corrected chi connectivity index (χ1v) is 12.8. The first-order valence-electron chi connectivity index (χ1n) is 12.1. The molecule has 3 aromatic carbocycles. The van der Waals surface area contributed by atoms with E-state index in [1.807, 2.05) is 6.07 Å². The zero-order chi connectivity index (χ0) is 26.6. The van der Waals surface area contributed by atoms with Crippen molar-refractivity contribution in [3.05, 3.63) is 124 Å². The summed E-state index contributed by atoms with van der Waals surface area (Å²) in [5.41, 5.74) is 1.64. The van der Waals surface area contributed by atoms with Crippen molar-refractivity contribution in [3.63, 3.8) is 0 Å². The highest BCUT2D eigenvalue weighted by molar-refractivity contribution is 6.32. The monoisotopic (exact) mass is 542 g/mol. The van der Waals surface area contributed by atoms with Crippen molar-refractivity contribution in [2.24, 2.45) is 11.8 Å². The maximum absolute atomic E-state index is 13.8. The van der Waals surface area contributed by atoms with Crippen molar-refractivity contribution in [2.75, 3.05) is 4.90 Å². The first-order chi connectivity index (χ1) is 18.3. The number of hydrogen-bond acceptors (Lipinski definition) is 5. The van der Waals surface area contributed by atoms with Crippen LogP contribution in [-0.2, 0) is 9.59 Å². The van der Waals surface area contributed by atoms with Crippen LogP contribution >= 0.6 is 23.2 Å². The molecule has 0 radical (unpaired) electrons. The molecular formula is C30H20Cl2N2O4. The van der Waals surface area contributed by atoms with Crippen LogP contribution in [0.5, 0.6) is 0 Å². The van der Waals surface area contributed by atoms with Crippen LogP contribution in [0.25, 0.3) is 0 Å². The number of anilines is 1. The second-order valence-corrected chi connectivity index (χ2v) is 10.3. The van der Waals surface area contributed by atoms with Gasteiger partial charge in [-0.2, -0.15) is 0 Å². The Balaban J connectivity index is 1.44. The number of benzene rings is 3. The molecule has 6 nitrogen and oxygen atoms in total. The molecule has 4 atom stereocenters. The highest BCUT2D eigenvalue weighted by Gasteiger charge is 2.63. The van der Waals surface area contributed by atoms with Gasteiger partial charge in [0.25, 0.3) is 0 Å². The van der Waals surface area contributed by atoms with Crippen LogP contribution < -0.4 is 4.90 Å². The van der Waals surface area contributed by atoms with Crippen molar-refractivity contribution in [2.45, 2.75) is 12.1 Å². The van der Waals surface area contributed by atoms with E-state index in [9.17, 15) is 19.2 Å². The van der Waals surface area contributed by atoms with Gasteiger partial charge in [0, 0.05) is 32.9 Å². The Kier molecular flexibility index (Phi) is 6.01. The molecular weight excluding hydrogens is 523 g/mol. The van der Waals surface area contributed by atoms with Gasteiger partial charge in [-0.3, -0.25) is 19.2 Å². The minimum absolute atomic E-state index is 0.200. The summed E-state index contributed by atoms with van der Waals surface area (Å²) in [6.07, 6.45) is 5.00. The fraction of sp³-hybridized carbons (Fsp3) is 0.133. The molecule has 2 fully saturated rings. The number of ketones is 2. The summed E-state index contributed by atoms with van der Waals surface area (Å²) in [5, 5.41) is 0.861. The number of carbonyl (C=O) groups excluding carboxylic acids is 4. The van der Waals surface area contributed by atoms with Gasteiger partial charge in [-0.05, 0) is 48.5 Å². The molecule has 8 heteroatoms. The number of halogens is 2. The largest absolute Gasteiger partial charge is 0.359 e. The van der Waals surface area contributed by atoms with E-state index in [4.69, 9.17) is 23.2 Å². The van der Waals surface area contributed by atoms with Crippen LogP contribution in [0.2, 0.25) is 10.0 Å². The fourth-order valence-electron chi connectivity index (χ4n) is 5.61. The molecule has 2 amide bonds. The lowest BCUT2D eigenvalue weighted by atomic mass is 9.85. The van der Waals surface area contributed by atoms with Crippen LogP contribution in [0.4, 0.5) is 5.69 Å². The van der Waals surface area contributed by atoms with E-state index in [2.05, 4.69) is 0 Å². The number of allylic oxidation sites excluding steroid dienone is 2. The minimum atomic E-state index is -0.943. The molecule has 38 heavy (non-hydrogen) atoms. The minimum Gasteiger partial charge on any atom is -0.359 e. The number of hydrogen-bond donors (Lipinski definition) is 0. The normalized spacial score (nSPS) is 23.8. The molecule has 0 saturated carbocycles. The lowest BCUT2D eigenvalue weighted by Crippen LogP contribution is -2.46. The zero-order valence-corrected chi connectivity index (χ0v) is 21.3. The first kappa shape index (κ1) is 24.3. The predicted octanol–water partition coefficient (Wildman–Crippen LogP) is 5.37. The summed E-state index contributed by atoms with van der Waals surface area (Å²) in [5.74, 6) is -3.20. The van der Waals surface area contributed by atoms with E-state index in [1.165, 1.54) is 0 Å². The third kappa shape index (κ3) is 3.88. The highest BCUT2D eigenvalue weighted by Crippen LogP contribution is 2.47. The average molecular weight is 543 g/mol. The number of fused-ring (bicyclic) bond motifs is 3. The van der Waals surface area contributed by atoms with Gasteiger partial charge in [0.1, 0.15) is 6.04 Å². The summed E-state index contributed by atoms with van der Waals surface area (Å²) in [6, 6.07) is 20.2. The third-order valence-electron chi connectivity index (χ3n) is 7.31. The molecule has 3 heterocycles. The van der Waals surface area contributed by atoms with E-state index >= 15 is 0 Å². The van der Waals surface area contributed by atoms with Gasteiger partial charge in [-0.25, -0.2) is 4.90 Å². The predicted molar refractivity (Wildman–Crippen MR) is 144 cm³/mol. The zero-order valence-electron chi connectivity index (χ0n) is 19.8. The Morgan fingerprint density at radius 1 is 0.737 bits per heavy atom. The van der Waals surface area contributed by atoms with Crippen LogP contribution in [0, 0.1) is 11.8 Å². The molecule has 6 rings (SSSR count). The smallest absolute Gasteiger partial charge is 0.240 e. The SMILES string of the molecule is O=C(C1=CC2C3C(=O)N(c4cccc(Cl)c4)C(=O)C3C(C(=O)c3ccc(Cl)cc3)N2C=C1)c1ccccc1. The summed E-state index contributed by atoms with van der Waals surface area (Å²) < 4.78 is 0. The van der Waals surface area contributed by atoms with Crippen LogP contribution in [-0.4, -0.2) is 40.4 Å². The molecule has 3 aromatic rings. The van der Waals surface area contributed by atoms with Crippen molar-refractivity contribution < 1.29 is 19.2 Å². The van der Waals surface area contributed by atoms with E-state index < -0.39 is 35.7 Å². The summed E-state index contributed by atoms with van der Waals surface area (Å²) >= 11 is 12.2. The maximum atomic E-state index is 13.8. The Morgan fingerprint density at radius 3 is 2.16 bits per heavy atom. The van der Waals surface area contributed by atoms with Crippen molar-refractivity contribution in [1.82, 2.24) is 4.90 Å². The molecule has 3 aliphatic rings. The Hall–Kier alpha value is -4.00.